The van der Waals surface area contributed by atoms with Crippen LogP contribution in [0.5, 0.6) is 0 Å². The summed E-state index contributed by atoms with van der Waals surface area (Å²) in [5, 5.41) is 13.3. The Morgan fingerprint density at radius 2 is 2.00 bits per heavy atom. The Morgan fingerprint density at radius 3 is 2.62 bits per heavy atom. The smallest absolute Gasteiger partial charge is 0.250 e. The number of aryl methyl sites for hydroxylation is 1. The lowest BCUT2D eigenvalue weighted by atomic mass is 10.1. The molecule has 0 unspecified atom stereocenters. The summed E-state index contributed by atoms with van der Waals surface area (Å²) in [6.45, 7) is 2.02. The Morgan fingerprint density at radius 1 is 1.29 bits per heavy atom. The van der Waals surface area contributed by atoms with E-state index in [1.165, 1.54) is 11.3 Å². The van der Waals surface area contributed by atoms with Gasteiger partial charge in [0.25, 0.3) is 0 Å². The van der Waals surface area contributed by atoms with Crippen LogP contribution in [-0.2, 0) is 16.0 Å². The van der Waals surface area contributed by atoms with Crippen LogP contribution in [0.4, 0.5) is 5.13 Å². The molecule has 1 N–H and O–H groups in total. The molecule has 0 atom stereocenters. The number of carbonyl (C=O) groups excluding carboxylic acids is 2. The van der Waals surface area contributed by atoms with E-state index in [4.69, 9.17) is 0 Å². The van der Waals surface area contributed by atoms with Gasteiger partial charge in [-0.3, -0.25) is 10.1 Å². The van der Waals surface area contributed by atoms with Gasteiger partial charge in [-0.05, 0) is 12.5 Å². The molecular formula is C15H13N2O3S-. The third-order valence-electron chi connectivity index (χ3n) is 2.67. The number of carboxylic acids is 1. The number of thiazole rings is 1. The SMILES string of the molecule is CCc1sc(NC(=O)C=CC(=O)[O-])nc1-c1ccccc1. The molecule has 0 bridgehead atoms. The highest BCUT2D eigenvalue weighted by Crippen LogP contribution is 2.31. The van der Waals surface area contributed by atoms with Crippen LogP contribution < -0.4 is 10.4 Å². The number of anilines is 1. The third kappa shape index (κ3) is 4.00. The quantitative estimate of drug-likeness (QED) is 0.851. The molecule has 1 aromatic carbocycles. The fourth-order valence-corrected chi connectivity index (χ4v) is 2.68. The molecule has 2 rings (SSSR count). The highest BCUT2D eigenvalue weighted by Gasteiger charge is 2.12. The van der Waals surface area contributed by atoms with Crippen molar-refractivity contribution in [3.63, 3.8) is 0 Å². The van der Waals surface area contributed by atoms with Crippen molar-refractivity contribution in [2.24, 2.45) is 0 Å². The van der Waals surface area contributed by atoms with Gasteiger partial charge >= 0.3 is 0 Å². The number of amides is 1. The van der Waals surface area contributed by atoms with Gasteiger partial charge in [0, 0.05) is 16.5 Å². The van der Waals surface area contributed by atoms with E-state index in [0.717, 1.165) is 28.6 Å². The van der Waals surface area contributed by atoms with Crippen LogP contribution in [-0.4, -0.2) is 16.9 Å². The number of carbonyl (C=O) groups is 2. The fraction of sp³-hybridized carbons (Fsp3) is 0.133. The topological polar surface area (TPSA) is 82.1 Å². The van der Waals surface area contributed by atoms with Gasteiger partial charge in [0.15, 0.2) is 5.13 Å². The largest absolute Gasteiger partial charge is 0.545 e. The molecule has 0 spiro atoms. The van der Waals surface area contributed by atoms with Crippen LogP contribution in [0.15, 0.2) is 42.5 Å². The van der Waals surface area contributed by atoms with Crippen LogP contribution in [0.3, 0.4) is 0 Å². The maximum atomic E-state index is 11.5. The van der Waals surface area contributed by atoms with Crippen LogP contribution in [0, 0.1) is 0 Å². The Kier molecular flexibility index (Phi) is 4.84. The Bertz CT molecular complexity index is 677. The first-order valence-electron chi connectivity index (χ1n) is 6.35. The number of carboxylic acid groups (broad SMARTS) is 1. The predicted octanol–water partition coefficient (Wildman–Crippen LogP) is 1.62. The molecule has 5 nitrogen and oxygen atoms in total. The second-order valence-corrected chi connectivity index (χ2v) is 5.24. The zero-order valence-electron chi connectivity index (χ0n) is 11.3. The minimum absolute atomic E-state index is 0.443. The summed E-state index contributed by atoms with van der Waals surface area (Å²) in [7, 11) is 0. The molecule has 0 saturated carbocycles. The minimum Gasteiger partial charge on any atom is -0.545 e. The number of nitrogens with one attached hydrogen (secondary N) is 1. The van der Waals surface area contributed by atoms with Crippen LogP contribution in [0.1, 0.15) is 11.8 Å². The van der Waals surface area contributed by atoms with E-state index in [2.05, 4.69) is 10.3 Å². The first-order chi connectivity index (χ1) is 10.1. The first kappa shape index (κ1) is 14.9. The number of hydrogen-bond acceptors (Lipinski definition) is 5. The first-order valence-corrected chi connectivity index (χ1v) is 7.17. The number of rotatable bonds is 5. The van der Waals surface area contributed by atoms with Crippen molar-refractivity contribution in [2.75, 3.05) is 5.32 Å². The summed E-state index contributed by atoms with van der Waals surface area (Å²) in [5.41, 5.74) is 1.82. The lowest BCUT2D eigenvalue weighted by Gasteiger charge is -1.98. The van der Waals surface area contributed by atoms with Crippen molar-refractivity contribution in [2.45, 2.75) is 13.3 Å². The molecule has 0 saturated heterocycles. The molecule has 1 aromatic heterocycles. The summed E-state index contributed by atoms with van der Waals surface area (Å²) < 4.78 is 0. The maximum Gasteiger partial charge on any atom is 0.250 e. The van der Waals surface area contributed by atoms with Gasteiger partial charge in [-0.2, -0.15) is 0 Å². The molecule has 2 aromatic rings. The fourth-order valence-electron chi connectivity index (χ4n) is 1.76. The zero-order valence-corrected chi connectivity index (χ0v) is 12.1. The molecule has 0 aliphatic heterocycles. The number of hydrogen-bond donors (Lipinski definition) is 1. The van der Waals surface area contributed by atoms with Crippen molar-refractivity contribution in [1.29, 1.82) is 0 Å². The van der Waals surface area contributed by atoms with Crippen LogP contribution in [0.2, 0.25) is 0 Å². The molecule has 6 heteroatoms. The summed E-state index contributed by atoms with van der Waals surface area (Å²) in [4.78, 5) is 27.3. The second kappa shape index (κ2) is 6.81. The van der Waals surface area contributed by atoms with Crippen molar-refractivity contribution in [3.8, 4) is 11.3 Å². The molecule has 21 heavy (non-hydrogen) atoms. The Labute approximate surface area is 126 Å². The van der Waals surface area contributed by atoms with Crippen molar-refractivity contribution >= 4 is 28.3 Å². The van der Waals surface area contributed by atoms with Gasteiger partial charge in [-0.25, -0.2) is 4.98 Å². The molecular weight excluding hydrogens is 288 g/mol. The number of benzene rings is 1. The van der Waals surface area contributed by atoms with E-state index in [-0.39, 0.29) is 0 Å². The van der Waals surface area contributed by atoms with E-state index in [1.807, 2.05) is 37.3 Å². The molecule has 0 aliphatic carbocycles. The minimum atomic E-state index is -1.41. The third-order valence-corrected chi connectivity index (χ3v) is 3.78. The second-order valence-electron chi connectivity index (χ2n) is 4.15. The molecule has 0 fully saturated rings. The number of aromatic nitrogens is 1. The van der Waals surface area contributed by atoms with Crippen LogP contribution >= 0.6 is 11.3 Å². The van der Waals surface area contributed by atoms with Crippen LogP contribution in [0.25, 0.3) is 11.3 Å². The monoisotopic (exact) mass is 301 g/mol. The molecule has 0 radical (unpaired) electrons. The summed E-state index contributed by atoms with van der Waals surface area (Å²) in [6.07, 6.45) is 2.39. The molecule has 0 aliphatic rings. The van der Waals surface area contributed by atoms with E-state index in [1.54, 1.807) is 0 Å². The normalized spacial score (nSPS) is 10.7. The molecule has 1 heterocycles. The van der Waals surface area contributed by atoms with E-state index >= 15 is 0 Å². The Hall–Kier alpha value is -2.47. The van der Waals surface area contributed by atoms with E-state index < -0.39 is 11.9 Å². The van der Waals surface area contributed by atoms with Gasteiger partial charge in [0.1, 0.15) is 0 Å². The van der Waals surface area contributed by atoms with Gasteiger partial charge in [-0.1, -0.05) is 37.3 Å². The Balaban J connectivity index is 2.21. The summed E-state index contributed by atoms with van der Waals surface area (Å²) in [6, 6.07) is 9.69. The van der Waals surface area contributed by atoms with Gasteiger partial charge in [0.2, 0.25) is 5.91 Å². The van der Waals surface area contributed by atoms with Gasteiger partial charge in [0.05, 0.1) is 11.7 Å². The van der Waals surface area contributed by atoms with Crippen molar-refractivity contribution in [1.82, 2.24) is 4.98 Å². The maximum absolute atomic E-state index is 11.5. The number of nitrogens with zero attached hydrogens (tertiary/aromatic N) is 1. The number of aliphatic carboxylic acids is 1. The zero-order chi connectivity index (χ0) is 15.2. The summed E-state index contributed by atoms with van der Waals surface area (Å²) >= 11 is 1.38. The highest BCUT2D eigenvalue weighted by molar-refractivity contribution is 7.16. The molecule has 108 valence electrons. The average Bonchev–Trinajstić information content (AvgIpc) is 2.89. The van der Waals surface area contributed by atoms with E-state index in [9.17, 15) is 14.7 Å². The summed E-state index contributed by atoms with van der Waals surface area (Å²) in [5.74, 6) is -1.96. The average molecular weight is 301 g/mol. The van der Waals surface area contributed by atoms with E-state index in [0.29, 0.717) is 11.2 Å². The van der Waals surface area contributed by atoms with Crippen molar-refractivity contribution in [3.05, 3.63) is 47.4 Å². The molecule has 1 amide bonds. The lowest BCUT2D eigenvalue weighted by molar-refractivity contribution is -0.297. The highest BCUT2D eigenvalue weighted by atomic mass is 32.1. The van der Waals surface area contributed by atoms with Gasteiger partial charge in [-0.15, -0.1) is 11.3 Å². The van der Waals surface area contributed by atoms with Gasteiger partial charge < -0.3 is 9.90 Å². The lowest BCUT2D eigenvalue weighted by Crippen LogP contribution is -2.20. The van der Waals surface area contributed by atoms with Crippen molar-refractivity contribution < 1.29 is 14.7 Å². The standard InChI is InChI=1S/C15H14N2O3S/c1-2-11-14(10-6-4-3-5-7-10)17-15(21-11)16-12(18)8-9-13(19)20/h3-9H,2H2,1H3,(H,19,20)(H,16,17,18)/p-1. The predicted molar refractivity (Wildman–Crippen MR) is 79.7 cm³/mol.